The van der Waals surface area contributed by atoms with Crippen molar-refractivity contribution in [1.29, 1.82) is 0 Å². The van der Waals surface area contributed by atoms with Gasteiger partial charge in [0.05, 0.1) is 16.5 Å². The average molecular weight is 438 g/mol. The lowest BCUT2D eigenvalue weighted by Gasteiger charge is -2.14. The summed E-state index contributed by atoms with van der Waals surface area (Å²) < 4.78 is 1.64. The van der Waals surface area contributed by atoms with Crippen molar-refractivity contribution in [2.24, 2.45) is 0 Å². The second-order valence-corrected chi connectivity index (χ2v) is 9.32. The van der Waals surface area contributed by atoms with Gasteiger partial charge in [-0.1, -0.05) is 30.0 Å². The molecule has 1 saturated carbocycles. The Labute approximate surface area is 181 Å². The molecule has 3 aromatic rings. The molecule has 2 amide bonds. The first-order chi connectivity index (χ1) is 14.6. The maximum absolute atomic E-state index is 13.2. The lowest BCUT2D eigenvalue weighted by atomic mass is 10.1. The fraction of sp³-hybridized carbons (Fsp3) is 0.273. The minimum absolute atomic E-state index is 0.0359. The van der Waals surface area contributed by atoms with Crippen LogP contribution in [0.5, 0.6) is 0 Å². The zero-order valence-corrected chi connectivity index (χ0v) is 17.8. The molecule has 2 aliphatic rings. The van der Waals surface area contributed by atoms with Gasteiger partial charge in [-0.3, -0.25) is 23.9 Å². The van der Waals surface area contributed by atoms with E-state index >= 15 is 0 Å². The molecule has 5 rings (SSSR count). The molecule has 1 fully saturated rings. The highest BCUT2D eigenvalue weighted by molar-refractivity contribution is 7.99. The van der Waals surface area contributed by atoms with Gasteiger partial charge in [-0.05, 0) is 41.8 Å². The molecule has 8 heteroatoms. The Morgan fingerprint density at radius 2 is 1.87 bits per heavy atom. The predicted octanol–water partition coefficient (Wildman–Crippen LogP) is 3.91. The van der Waals surface area contributed by atoms with Crippen LogP contribution >= 0.6 is 23.1 Å². The molecule has 2 aromatic heterocycles. The molecule has 0 bridgehead atoms. The number of hydrogen-bond acceptors (Lipinski definition) is 6. The summed E-state index contributed by atoms with van der Waals surface area (Å²) in [4.78, 5) is 45.0. The lowest BCUT2D eigenvalue weighted by Crippen LogP contribution is -2.32. The number of carbonyl (C=O) groups is 2. The molecule has 1 aliphatic carbocycles. The summed E-state index contributed by atoms with van der Waals surface area (Å²) in [6.07, 6.45) is 3.94. The van der Waals surface area contributed by atoms with Gasteiger partial charge in [0, 0.05) is 18.8 Å². The van der Waals surface area contributed by atoms with E-state index in [1.807, 2.05) is 0 Å². The fourth-order valence-corrected chi connectivity index (χ4v) is 5.79. The molecule has 0 atom stereocenters. The van der Waals surface area contributed by atoms with E-state index in [9.17, 15) is 14.4 Å². The number of benzene rings is 1. The van der Waals surface area contributed by atoms with Gasteiger partial charge in [-0.2, -0.15) is 0 Å². The van der Waals surface area contributed by atoms with Gasteiger partial charge < -0.3 is 0 Å². The molecular weight excluding hydrogens is 418 g/mol. The molecule has 0 unspecified atom stereocenters. The van der Waals surface area contributed by atoms with Crippen molar-refractivity contribution < 1.29 is 9.59 Å². The number of hydrogen-bond donors (Lipinski definition) is 0. The van der Waals surface area contributed by atoms with E-state index in [2.05, 4.69) is 12.0 Å². The number of amides is 2. The van der Waals surface area contributed by atoms with Gasteiger partial charge >= 0.3 is 0 Å². The number of carbonyl (C=O) groups excluding carboxylic acids is 2. The Bertz CT molecular complexity index is 1220. The topological polar surface area (TPSA) is 72.3 Å². The Balaban J connectivity index is 1.39. The highest BCUT2D eigenvalue weighted by Gasteiger charge is 2.34. The maximum atomic E-state index is 13.2. The summed E-state index contributed by atoms with van der Waals surface area (Å²) in [6, 6.07) is 6.86. The lowest BCUT2D eigenvalue weighted by molar-refractivity contribution is 0.0664. The quantitative estimate of drug-likeness (QED) is 0.243. The predicted molar refractivity (Wildman–Crippen MR) is 119 cm³/mol. The van der Waals surface area contributed by atoms with Crippen LogP contribution in [0.1, 0.15) is 45.0 Å². The van der Waals surface area contributed by atoms with Gasteiger partial charge in [0.1, 0.15) is 4.83 Å². The van der Waals surface area contributed by atoms with Crippen LogP contribution in [-0.2, 0) is 6.54 Å². The number of thioether (sulfide) groups is 1. The summed E-state index contributed by atoms with van der Waals surface area (Å²) in [5, 5.41) is 3.38. The smallest absolute Gasteiger partial charge is 0.263 e. The van der Waals surface area contributed by atoms with Crippen LogP contribution in [0.2, 0.25) is 0 Å². The Kier molecular flexibility index (Phi) is 4.83. The summed E-state index contributed by atoms with van der Waals surface area (Å²) in [7, 11) is 0. The second-order valence-electron chi connectivity index (χ2n) is 7.40. The average Bonchev–Trinajstić information content (AvgIpc) is 3.46. The fourth-order valence-electron chi connectivity index (χ4n) is 3.79. The monoisotopic (exact) mass is 437 g/mol. The number of fused-ring (bicyclic) bond motifs is 2. The molecule has 0 saturated heterocycles. The van der Waals surface area contributed by atoms with Crippen molar-refractivity contribution in [1.82, 2.24) is 14.5 Å². The third-order valence-corrected chi connectivity index (χ3v) is 7.29. The van der Waals surface area contributed by atoms with E-state index in [-0.39, 0.29) is 23.9 Å². The van der Waals surface area contributed by atoms with Crippen molar-refractivity contribution in [3.05, 3.63) is 69.3 Å². The summed E-state index contributed by atoms with van der Waals surface area (Å²) in [6.45, 7) is 4.40. The Hall–Kier alpha value is -2.71. The highest BCUT2D eigenvalue weighted by atomic mass is 32.2. The van der Waals surface area contributed by atoms with Crippen molar-refractivity contribution in [2.75, 3.05) is 12.3 Å². The number of imide groups is 1. The van der Waals surface area contributed by atoms with E-state index in [1.54, 1.807) is 34.9 Å². The van der Waals surface area contributed by atoms with Crippen LogP contribution in [0, 0.1) is 0 Å². The van der Waals surface area contributed by atoms with Gasteiger partial charge in [0.2, 0.25) is 0 Å². The van der Waals surface area contributed by atoms with Crippen molar-refractivity contribution in [3.8, 4) is 0 Å². The van der Waals surface area contributed by atoms with Crippen LogP contribution in [0.3, 0.4) is 0 Å². The third-order valence-electron chi connectivity index (χ3n) is 5.44. The largest absolute Gasteiger partial charge is 0.283 e. The van der Waals surface area contributed by atoms with Crippen LogP contribution in [0.4, 0.5) is 0 Å². The van der Waals surface area contributed by atoms with Crippen LogP contribution < -0.4 is 5.56 Å². The minimum atomic E-state index is -0.268. The SMILES string of the molecule is C=CCn1c(SCCN2C(=O)c3ccccc3C2=O)nc2scc(C3CC3)c2c1=O. The number of rotatable bonds is 7. The molecule has 0 N–H and O–H groups in total. The molecule has 6 nitrogen and oxygen atoms in total. The molecule has 30 heavy (non-hydrogen) atoms. The van der Waals surface area contributed by atoms with Crippen molar-refractivity contribution >= 4 is 45.1 Å². The van der Waals surface area contributed by atoms with Gasteiger partial charge in [0.25, 0.3) is 17.4 Å². The van der Waals surface area contributed by atoms with Crippen molar-refractivity contribution in [3.63, 3.8) is 0 Å². The zero-order valence-electron chi connectivity index (χ0n) is 16.2. The van der Waals surface area contributed by atoms with E-state index in [0.29, 0.717) is 34.5 Å². The van der Waals surface area contributed by atoms with Crippen molar-refractivity contribution in [2.45, 2.75) is 30.5 Å². The zero-order chi connectivity index (χ0) is 20.8. The summed E-state index contributed by atoms with van der Waals surface area (Å²) >= 11 is 2.89. The normalized spacial score (nSPS) is 15.8. The summed E-state index contributed by atoms with van der Waals surface area (Å²) in [5.74, 6) is 0.408. The maximum Gasteiger partial charge on any atom is 0.263 e. The Morgan fingerprint density at radius 3 is 2.50 bits per heavy atom. The molecule has 1 aliphatic heterocycles. The van der Waals surface area contributed by atoms with Gasteiger partial charge in [0.15, 0.2) is 5.16 Å². The van der Waals surface area contributed by atoms with Gasteiger partial charge in [-0.15, -0.1) is 17.9 Å². The van der Waals surface area contributed by atoms with Crippen LogP contribution in [-0.4, -0.2) is 38.6 Å². The first-order valence-electron chi connectivity index (χ1n) is 9.81. The van der Waals surface area contributed by atoms with E-state index in [4.69, 9.17) is 4.98 Å². The molecule has 0 spiro atoms. The standard InChI is InChI=1S/C22H19N3O3S2/c1-2-9-25-21(28)17-16(13-7-8-13)12-30-18(17)23-22(25)29-11-10-24-19(26)14-5-3-4-6-15(14)20(24)27/h2-6,12-13H,1,7-11H2. The molecular formula is C22H19N3O3S2. The first kappa shape index (κ1) is 19.3. The Morgan fingerprint density at radius 1 is 1.17 bits per heavy atom. The van der Waals surface area contributed by atoms with Gasteiger partial charge in [-0.25, -0.2) is 4.98 Å². The number of thiophene rings is 1. The van der Waals surface area contributed by atoms with E-state index in [1.165, 1.54) is 28.0 Å². The molecule has 1 aromatic carbocycles. The van der Waals surface area contributed by atoms with Crippen LogP contribution in [0.25, 0.3) is 10.2 Å². The van der Waals surface area contributed by atoms with E-state index < -0.39 is 0 Å². The number of allylic oxidation sites excluding steroid dienone is 1. The third kappa shape index (κ3) is 3.11. The minimum Gasteiger partial charge on any atom is -0.283 e. The number of nitrogens with zero attached hydrogens (tertiary/aromatic N) is 3. The van der Waals surface area contributed by atoms with Crippen LogP contribution in [0.15, 0.2) is 52.3 Å². The first-order valence-corrected chi connectivity index (χ1v) is 11.7. The molecule has 0 radical (unpaired) electrons. The molecule has 152 valence electrons. The van der Waals surface area contributed by atoms with E-state index in [0.717, 1.165) is 28.6 Å². The molecule has 3 heterocycles. The summed E-state index contributed by atoms with van der Waals surface area (Å²) in [5.41, 5.74) is 1.97. The highest BCUT2D eigenvalue weighted by Crippen LogP contribution is 2.44. The number of aromatic nitrogens is 2. The second kappa shape index (κ2) is 7.52.